The van der Waals surface area contributed by atoms with Crippen molar-refractivity contribution in [1.29, 1.82) is 0 Å². The number of guanidine groups is 2. The number of nitrogens with zero attached hydrogens (tertiary/aromatic N) is 2. The number of ether oxygens (including phenoxy) is 2. The topological polar surface area (TPSA) is 476 Å². The number of amides is 10. The van der Waals surface area contributed by atoms with Crippen molar-refractivity contribution in [2.75, 3.05) is 65.7 Å². The molecule has 1 aliphatic heterocycles. The van der Waals surface area contributed by atoms with Crippen molar-refractivity contribution < 1.29 is 67.3 Å². The Kier molecular flexibility index (Phi) is 33.4. The molecule has 1 saturated heterocycles. The van der Waals surface area contributed by atoms with Crippen LogP contribution < -0.4 is 76.1 Å². The molecule has 30 nitrogen and oxygen atoms in total. The van der Waals surface area contributed by atoms with E-state index in [1.807, 2.05) is 36.4 Å². The SMILES string of the molecule is NC(N)=NCCC[C@H]1NC(=O)CNC(=O)[C@H](Cc2ccc3ccccc3c2)NC(=O)[C@@H](Cc2ccccc2)NC(=O)[C@H](Cc2ccccc2)NC(=O)[C@H](CCC(=O)NCCCCCC(=O)NCCOCCOCCC(=O)O)NC(=O)[C@@H](CCCN=C(N)N)NC(=O)CNC1=O. The first kappa shape index (κ1) is 75.5. The van der Waals surface area contributed by atoms with Gasteiger partial charge in [-0.3, -0.25) is 62.7 Å². The quantitative estimate of drug-likeness (QED) is 0.0146. The lowest BCUT2D eigenvalue weighted by Gasteiger charge is -2.28. The Hall–Kier alpha value is -10.2. The Balaban J connectivity index is 1.44. The van der Waals surface area contributed by atoms with Gasteiger partial charge in [0.1, 0.15) is 36.3 Å². The lowest BCUT2D eigenvalue weighted by atomic mass is 9.99. The Bertz CT molecular complexity index is 3240. The van der Waals surface area contributed by atoms with Crippen molar-refractivity contribution in [3.05, 3.63) is 120 Å². The molecule has 6 atom stereocenters. The van der Waals surface area contributed by atoms with Crippen molar-refractivity contribution in [3.8, 4) is 0 Å². The van der Waals surface area contributed by atoms with Crippen LogP contribution in [-0.4, -0.2) is 184 Å². The van der Waals surface area contributed by atoms with E-state index in [1.54, 1.807) is 66.7 Å². The van der Waals surface area contributed by atoms with Crippen LogP contribution in [0, 0.1) is 0 Å². The molecule has 1 heterocycles. The molecular weight excluding hydrogens is 1230 g/mol. The molecule has 514 valence electrons. The van der Waals surface area contributed by atoms with E-state index in [9.17, 15) is 47.9 Å². The molecule has 30 heteroatoms. The molecule has 10 amide bonds. The van der Waals surface area contributed by atoms with Crippen molar-refractivity contribution in [1.82, 2.24) is 53.2 Å². The minimum Gasteiger partial charge on any atom is -0.481 e. The van der Waals surface area contributed by atoms with Gasteiger partial charge in [0.25, 0.3) is 0 Å². The van der Waals surface area contributed by atoms with Crippen LogP contribution in [0.3, 0.4) is 0 Å². The molecule has 4 aromatic rings. The first-order valence-corrected chi connectivity index (χ1v) is 31.7. The minimum atomic E-state index is -1.57. The van der Waals surface area contributed by atoms with Crippen molar-refractivity contribution >= 4 is 87.7 Å². The fourth-order valence-corrected chi connectivity index (χ4v) is 9.92. The third-order valence-corrected chi connectivity index (χ3v) is 14.9. The molecule has 95 heavy (non-hydrogen) atoms. The molecule has 1 fully saturated rings. The highest BCUT2D eigenvalue weighted by atomic mass is 16.5. The second kappa shape index (κ2) is 42.1. The summed E-state index contributed by atoms with van der Waals surface area (Å²) in [7, 11) is 0. The highest BCUT2D eigenvalue weighted by molar-refractivity contribution is 5.98. The van der Waals surface area contributed by atoms with E-state index in [-0.39, 0.29) is 141 Å². The number of aliphatic carboxylic acids is 1. The maximum Gasteiger partial charge on any atom is 0.305 e. The predicted molar refractivity (Wildman–Crippen MR) is 353 cm³/mol. The molecule has 0 aromatic heterocycles. The van der Waals surface area contributed by atoms with E-state index in [1.165, 1.54) is 0 Å². The number of nitrogens with two attached hydrogens (primary N) is 4. The number of carboxylic acid groups (broad SMARTS) is 1. The first-order chi connectivity index (χ1) is 45.7. The summed E-state index contributed by atoms with van der Waals surface area (Å²) in [6.07, 6.45) is 0.722. The Morgan fingerprint density at radius 2 is 0.874 bits per heavy atom. The van der Waals surface area contributed by atoms with Crippen LogP contribution in [0.2, 0.25) is 0 Å². The van der Waals surface area contributed by atoms with Gasteiger partial charge in [0.15, 0.2) is 11.9 Å². The van der Waals surface area contributed by atoms with Gasteiger partial charge in [-0.1, -0.05) is 110 Å². The molecule has 4 aromatic carbocycles. The number of aliphatic imine (C=N–C) groups is 2. The van der Waals surface area contributed by atoms with Gasteiger partial charge in [0.2, 0.25) is 59.1 Å². The maximum absolute atomic E-state index is 15.0. The van der Waals surface area contributed by atoms with Gasteiger partial charge in [-0.25, -0.2) is 0 Å². The van der Waals surface area contributed by atoms with Crippen molar-refractivity contribution in [2.45, 2.75) is 126 Å². The van der Waals surface area contributed by atoms with Gasteiger partial charge in [0.05, 0.1) is 45.9 Å². The summed E-state index contributed by atoms with van der Waals surface area (Å²) in [6.45, 7) is -0.129. The summed E-state index contributed by atoms with van der Waals surface area (Å²) in [4.78, 5) is 160. The summed E-state index contributed by atoms with van der Waals surface area (Å²) >= 11 is 0. The monoisotopic (exact) mass is 1320 g/mol. The average Bonchev–Trinajstić information content (AvgIpc) is 0.914. The summed E-state index contributed by atoms with van der Waals surface area (Å²) in [5, 5.41) is 37.3. The van der Waals surface area contributed by atoms with Crippen LogP contribution in [-0.2, 0) is 81.5 Å². The number of carbonyl (C=O) groups excluding carboxylic acids is 10. The Morgan fingerprint density at radius 1 is 0.432 bits per heavy atom. The summed E-state index contributed by atoms with van der Waals surface area (Å²) in [5.41, 5.74) is 24.0. The largest absolute Gasteiger partial charge is 0.481 e. The fourth-order valence-electron chi connectivity index (χ4n) is 9.92. The highest BCUT2D eigenvalue weighted by Crippen LogP contribution is 2.18. The lowest BCUT2D eigenvalue weighted by molar-refractivity contribution is -0.138. The first-order valence-electron chi connectivity index (χ1n) is 31.7. The van der Waals surface area contributed by atoms with Crippen LogP contribution in [0.1, 0.15) is 87.3 Å². The number of rotatable bonds is 32. The maximum atomic E-state index is 15.0. The van der Waals surface area contributed by atoms with E-state index in [2.05, 4.69) is 63.2 Å². The third-order valence-electron chi connectivity index (χ3n) is 14.9. The zero-order chi connectivity index (χ0) is 68.7. The lowest BCUT2D eigenvalue weighted by Crippen LogP contribution is -2.60. The van der Waals surface area contributed by atoms with Crippen LogP contribution in [0.25, 0.3) is 10.8 Å². The fraction of sp³-hybridized carbons (Fsp3) is 0.462. The standard InChI is InChI=1S/C65H90N16O14/c66-64(67)72-29-12-20-47-58(88)74-40-56(85)77-48(21-13-30-73-65(68)69)60(90)78-49(25-26-54(83)70-28-11-3-8-22-53(82)71-31-33-95-35-34-94-32-27-57(86)87)61(91)80-51(37-42-14-4-1-5-15-42)63(93)81-52(38-43-16-6-2-7-17-43)62(92)79-50(59(89)75-41-55(84)76-47)39-44-23-24-45-18-9-10-19-46(45)36-44/h1-2,4-7,9-10,14-19,23-24,36,47-52H,3,8,11-13,20-22,25-35,37-41H2,(H,70,83)(H,71,82)(H,74,88)(H,75,89)(H,76,84)(H,77,85)(H,78,90)(H,79,92)(H,80,91)(H,81,93)(H,86,87)(H4,66,67,72)(H4,68,69,73)/t47-,48-,49+,50+,51+,52-/m1/s1. The van der Waals surface area contributed by atoms with E-state index >= 15 is 4.79 Å². The molecule has 0 bridgehead atoms. The molecule has 0 aliphatic carbocycles. The second-order valence-electron chi connectivity index (χ2n) is 22.5. The van der Waals surface area contributed by atoms with E-state index in [4.69, 9.17) is 37.5 Å². The number of fused-ring (bicyclic) bond motifs is 1. The highest BCUT2D eigenvalue weighted by Gasteiger charge is 2.34. The van der Waals surface area contributed by atoms with Gasteiger partial charge < -0.3 is 90.7 Å². The van der Waals surface area contributed by atoms with Crippen LogP contribution >= 0.6 is 0 Å². The molecular formula is C65H90N16O14. The van der Waals surface area contributed by atoms with Gasteiger partial charge in [-0.05, 0) is 72.4 Å². The predicted octanol–water partition coefficient (Wildman–Crippen LogP) is -1.79. The normalized spacial score (nSPS) is 18.7. The summed E-state index contributed by atoms with van der Waals surface area (Å²) in [6, 6.07) is 21.8. The van der Waals surface area contributed by atoms with Crippen LogP contribution in [0.4, 0.5) is 0 Å². The average molecular weight is 1320 g/mol. The molecule has 1 aliphatic rings. The number of hydrogen-bond acceptors (Lipinski definition) is 15. The van der Waals surface area contributed by atoms with E-state index in [0.717, 1.165) is 10.8 Å². The molecule has 0 unspecified atom stereocenters. The van der Waals surface area contributed by atoms with Gasteiger partial charge in [0, 0.05) is 58.3 Å². The number of carbonyl (C=O) groups is 11. The Morgan fingerprint density at radius 3 is 1.42 bits per heavy atom. The number of unbranched alkanes of at least 4 members (excludes halogenated alkanes) is 2. The zero-order valence-electron chi connectivity index (χ0n) is 53.2. The minimum absolute atomic E-state index is 0.00913. The van der Waals surface area contributed by atoms with E-state index < -0.39 is 108 Å². The third kappa shape index (κ3) is 30.4. The Labute approximate surface area is 550 Å². The van der Waals surface area contributed by atoms with Crippen LogP contribution in [0.5, 0.6) is 0 Å². The second-order valence-corrected chi connectivity index (χ2v) is 22.5. The van der Waals surface area contributed by atoms with Gasteiger partial charge >= 0.3 is 5.97 Å². The number of benzene rings is 4. The summed E-state index contributed by atoms with van der Waals surface area (Å²) < 4.78 is 10.6. The van der Waals surface area contributed by atoms with Crippen molar-refractivity contribution in [3.63, 3.8) is 0 Å². The number of nitrogens with one attached hydrogen (secondary N) is 10. The van der Waals surface area contributed by atoms with Crippen LogP contribution in [0.15, 0.2) is 113 Å². The molecule has 0 spiro atoms. The number of hydrogen-bond donors (Lipinski definition) is 15. The number of carboxylic acids is 1. The molecule has 19 N–H and O–H groups in total. The molecule has 5 rings (SSSR count). The van der Waals surface area contributed by atoms with E-state index in [0.29, 0.717) is 36.0 Å². The van der Waals surface area contributed by atoms with Gasteiger partial charge in [-0.15, -0.1) is 0 Å². The zero-order valence-corrected chi connectivity index (χ0v) is 53.2. The van der Waals surface area contributed by atoms with Gasteiger partial charge in [-0.2, -0.15) is 0 Å². The van der Waals surface area contributed by atoms with Crippen molar-refractivity contribution in [2.24, 2.45) is 32.9 Å². The molecule has 0 saturated carbocycles. The molecule has 0 radical (unpaired) electrons. The smallest absolute Gasteiger partial charge is 0.305 e. The summed E-state index contributed by atoms with van der Waals surface area (Å²) in [5.74, 6) is -8.96.